The molecule has 7 nitrogen and oxygen atoms in total. The Bertz CT molecular complexity index is 608. The number of H-pyrrole nitrogens is 1. The van der Waals surface area contributed by atoms with E-state index in [-0.39, 0.29) is 17.4 Å². The molecule has 1 fully saturated rings. The number of aryl methyl sites for hydroxylation is 1. The van der Waals surface area contributed by atoms with E-state index in [1.165, 1.54) is 7.11 Å². The van der Waals surface area contributed by atoms with Gasteiger partial charge in [0.05, 0.1) is 23.7 Å². The summed E-state index contributed by atoms with van der Waals surface area (Å²) in [5.41, 5.74) is 2.00. The first-order valence-electron chi connectivity index (χ1n) is 6.46. The Morgan fingerprint density at radius 2 is 2.20 bits per heavy atom. The lowest BCUT2D eigenvalue weighted by Gasteiger charge is -2.17. The second-order valence-corrected chi connectivity index (χ2v) is 7.11. The van der Waals surface area contributed by atoms with Crippen molar-refractivity contribution in [2.24, 2.45) is 0 Å². The van der Waals surface area contributed by atoms with Gasteiger partial charge in [-0.1, -0.05) is 6.92 Å². The van der Waals surface area contributed by atoms with E-state index in [0.717, 1.165) is 17.7 Å². The van der Waals surface area contributed by atoms with Crippen LogP contribution in [0.3, 0.4) is 0 Å². The largest absolute Gasteiger partial charge is 0.378 e. The van der Waals surface area contributed by atoms with Gasteiger partial charge >= 0.3 is 0 Å². The Morgan fingerprint density at radius 3 is 2.75 bits per heavy atom. The molecule has 1 amide bonds. The van der Waals surface area contributed by atoms with E-state index in [2.05, 4.69) is 15.5 Å². The third-order valence-electron chi connectivity index (χ3n) is 3.60. The Balaban J connectivity index is 2.13. The molecule has 0 radical (unpaired) electrons. The Labute approximate surface area is 118 Å². The van der Waals surface area contributed by atoms with E-state index in [9.17, 15) is 13.2 Å². The Morgan fingerprint density at radius 1 is 1.50 bits per heavy atom. The van der Waals surface area contributed by atoms with Gasteiger partial charge < -0.3 is 10.1 Å². The molecule has 1 aliphatic rings. The van der Waals surface area contributed by atoms with Gasteiger partial charge in [0.1, 0.15) is 0 Å². The summed E-state index contributed by atoms with van der Waals surface area (Å²) < 4.78 is 28.3. The zero-order valence-electron chi connectivity index (χ0n) is 11.8. The first kappa shape index (κ1) is 15.0. The van der Waals surface area contributed by atoms with Gasteiger partial charge in [0.2, 0.25) is 0 Å². The lowest BCUT2D eigenvalue weighted by atomic mass is 10.1. The zero-order valence-corrected chi connectivity index (χ0v) is 12.6. The number of sulfone groups is 1. The standard InChI is InChI=1S/C12H19N3O4S/c1-4-8-7(2)11(15-14-8)12(16)13-9-5-20(17,18)6-10(9)19-3/h9-10H,4-6H2,1-3H3,(H,13,16)(H,14,15)/t9-,10-/m1/s1. The van der Waals surface area contributed by atoms with Crippen molar-refractivity contribution in [2.45, 2.75) is 32.4 Å². The molecule has 112 valence electrons. The van der Waals surface area contributed by atoms with Crippen LogP contribution in [-0.4, -0.2) is 55.3 Å². The van der Waals surface area contributed by atoms with Crippen molar-refractivity contribution >= 4 is 15.7 Å². The zero-order chi connectivity index (χ0) is 14.9. The summed E-state index contributed by atoms with van der Waals surface area (Å²) in [6.45, 7) is 3.78. The molecule has 0 bridgehead atoms. The summed E-state index contributed by atoms with van der Waals surface area (Å²) in [6.07, 6.45) is 0.249. The summed E-state index contributed by atoms with van der Waals surface area (Å²) in [5.74, 6) is -0.530. The van der Waals surface area contributed by atoms with Crippen LogP contribution in [0.2, 0.25) is 0 Å². The van der Waals surface area contributed by atoms with Crippen LogP contribution >= 0.6 is 0 Å². The molecule has 2 heterocycles. The molecule has 1 saturated heterocycles. The second kappa shape index (κ2) is 5.53. The number of hydrogen-bond donors (Lipinski definition) is 2. The normalized spacial score (nSPS) is 24.8. The lowest BCUT2D eigenvalue weighted by molar-refractivity contribution is 0.0782. The smallest absolute Gasteiger partial charge is 0.272 e. The molecular weight excluding hydrogens is 282 g/mol. The average Bonchev–Trinajstić information content (AvgIpc) is 2.88. The van der Waals surface area contributed by atoms with E-state index < -0.39 is 22.0 Å². The van der Waals surface area contributed by atoms with Crippen molar-refractivity contribution in [3.05, 3.63) is 17.0 Å². The van der Waals surface area contributed by atoms with Crippen molar-refractivity contribution in [1.29, 1.82) is 0 Å². The van der Waals surface area contributed by atoms with Crippen molar-refractivity contribution in [2.75, 3.05) is 18.6 Å². The SMILES string of the molecule is CCc1[nH]nc(C(=O)N[C@@H]2CS(=O)(=O)C[C@H]2OC)c1C. The number of rotatable bonds is 4. The maximum atomic E-state index is 12.2. The van der Waals surface area contributed by atoms with Gasteiger partial charge in [0, 0.05) is 18.4 Å². The highest BCUT2D eigenvalue weighted by Gasteiger charge is 2.39. The van der Waals surface area contributed by atoms with Gasteiger partial charge in [-0.25, -0.2) is 8.42 Å². The van der Waals surface area contributed by atoms with E-state index in [0.29, 0.717) is 5.69 Å². The van der Waals surface area contributed by atoms with Gasteiger partial charge in [-0.05, 0) is 13.3 Å². The number of amides is 1. The summed E-state index contributed by atoms with van der Waals surface area (Å²) in [5, 5.41) is 9.50. The monoisotopic (exact) mass is 301 g/mol. The summed E-state index contributed by atoms with van der Waals surface area (Å²) in [7, 11) is -1.72. The predicted octanol–water partition coefficient (Wildman–Crippen LogP) is -0.178. The average molecular weight is 301 g/mol. The molecule has 0 saturated carbocycles. The highest BCUT2D eigenvalue weighted by Crippen LogP contribution is 2.17. The molecule has 8 heteroatoms. The fourth-order valence-electron chi connectivity index (χ4n) is 2.42. The van der Waals surface area contributed by atoms with Crippen molar-refractivity contribution < 1.29 is 17.9 Å². The molecule has 1 aromatic rings. The Hall–Kier alpha value is -1.41. The number of nitrogens with one attached hydrogen (secondary N) is 2. The molecule has 0 unspecified atom stereocenters. The highest BCUT2D eigenvalue weighted by molar-refractivity contribution is 7.91. The third-order valence-corrected chi connectivity index (χ3v) is 5.30. The first-order chi connectivity index (χ1) is 9.38. The number of hydrogen-bond acceptors (Lipinski definition) is 5. The van der Waals surface area contributed by atoms with E-state index in [4.69, 9.17) is 4.74 Å². The topological polar surface area (TPSA) is 101 Å². The molecule has 2 N–H and O–H groups in total. The minimum atomic E-state index is -3.16. The molecule has 0 spiro atoms. The maximum absolute atomic E-state index is 12.2. The van der Waals surface area contributed by atoms with E-state index >= 15 is 0 Å². The number of ether oxygens (including phenoxy) is 1. The van der Waals surface area contributed by atoms with Gasteiger partial charge in [-0.3, -0.25) is 9.89 Å². The highest BCUT2D eigenvalue weighted by atomic mass is 32.2. The summed E-state index contributed by atoms with van der Waals surface area (Å²) in [4.78, 5) is 12.2. The number of aromatic amines is 1. The predicted molar refractivity (Wildman–Crippen MR) is 73.4 cm³/mol. The van der Waals surface area contributed by atoms with Crippen molar-refractivity contribution in [3.8, 4) is 0 Å². The van der Waals surface area contributed by atoms with Gasteiger partial charge in [-0.15, -0.1) is 0 Å². The molecule has 20 heavy (non-hydrogen) atoms. The van der Waals surface area contributed by atoms with Gasteiger partial charge in [-0.2, -0.15) is 5.10 Å². The molecule has 1 aliphatic heterocycles. The van der Waals surface area contributed by atoms with Crippen LogP contribution in [0.4, 0.5) is 0 Å². The number of aromatic nitrogens is 2. The number of nitrogens with zero attached hydrogens (tertiary/aromatic N) is 1. The van der Waals surface area contributed by atoms with Crippen LogP contribution in [0, 0.1) is 6.92 Å². The fourth-order valence-corrected chi connectivity index (χ4v) is 4.27. The number of carbonyl (C=O) groups is 1. The van der Waals surface area contributed by atoms with Gasteiger partial charge in [0.25, 0.3) is 5.91 Å². The van der Waals surface area contributed by atoms with Crippen molar-refractivity contribution in [1.82, 2.24) is 15.5 Å². The summed E-state index contributed by atoms with van der Waals surface area (Å²) >= 11 is 0. The molecular formula is C12H19N3O4S. The van der Waals surface area contributed by atoms with Crippen molar-refractivity contribution in [3.63, 3.8) is 0 Å². The third kappa shape index (κ3) is 2.85. The van der Waals surface area contributed by atoms with E-state index in [1.54, 1.807) is 0 Å². The maximum Gasteiger partial charge on any atom is 0.272 e. The van der Waals surface area contributed by atoms with Crippen LogP contribution in [0.5, 0.6) is 0 Å². The minimum absolute atomic E-state index is 0.0613. The van der Waals surface area contributed by atoms with Gasteiger partial charge in [0.15, 0.2) is 15.5 Å². The first-order valence-corrected chi connectivity index (χ1v) is 8.28. The number of methoxy groups -OCH3 is 1. The Kier molecular flexibility index (Phi) is 4.14. The minimum Gasteiger partial charge on any atom is -0.378 e. The van der Waals surface area contributed by atoms with E-state index in [1.807, 2.05) is 13.8 Å². The molecule has 0 aromatic carbocycles. The molecule has 1 aromatic heterocycles. The van der Waals surface area contributed by atoms with Crippen LogP contribution in [0.15, 0.2) is 0 Å². The fraction of sp³-hybridized carbons (Fsp3) is 0.667. The van der Waals surface area contributed by atoms with Crippen LogP contribution < -0.4 is 5.32 Å². The van der Waals surface area contributed by atoms with Crippen LogP contribution in [0.1, 0.15) is 28.7 Å². The number of carbonyl (C=O) groups excluding carboxylic acids is 1. The molecule has 0 aliphatic carbocycles. The second-order valence-electron chi connectivity index (χ2n) is 4.96. The van der Waals surface area contributed by atoms with Crippen LogP contribution in [0.25, 0.3) is 0 Å². The summed E-state index contributed by atoms with van der Waals surface area (Å²) in [6, 6.07) is -0.529. The lowest BCUT2D eigenvalue weighted by Crippen LogP contribution is -2.43. The quantitative estimate of drug-likeness (QED) is 0.803. The van der Waals surface area contributed by atoms with Crippen LogP contribution in [-0.2, 0) is 21.0 Å². The molecule has 2 atom stereocenters. The molecule has 2 rings (SSSR count).